The standard InChI is InChI=1S/C14H20N2O2/c1-11(2)13(10-17)16-9-12-5-3-4-6-14(12)18-8-7-15/h3-6,11,13,16-17H,8-10H2,1-2H3. The Morgan fingerprint density at radius 3 is 2.72 bits per heavy atom. The van der Waals surface area contributed by atoms with Gasteiger partial charge in [-0.3, -0.25) is 0 Å². The van der Waals surface area contributed by atoms with E-state index in [1.165, 1.54) is 0 Å². The maximum Gasteiger partial charge on any atom is 0.174 e. The highest BCUT2D eigenvalue weighted by Crippen LogP contribution is 2.18. The molecule has 0 aliphatic rings. The third kappa shape index (κ3) is 4.36. The van der Waals surface area contributed by atoms with Gasteiger partial charge in [-0.05, 0) is 12.0 Å². The summed E-state index contributed by atoms with van der Waals surface area (Å²) in [5.41, 5.74) is 0.992. The summed E-state index contributed by atoms with van der Waals surface area (Å²) < 4.78 is 5.35. The van der Waals surface area contributed by atoms with Crippen molar-refractivity contribution in [1.82, 2.24) is 5.32 Å². The molecule has 1 aromatic carbocycles. The number of hydrogen-bond acceptors (Lipinski definition) is 4. The van der Waals surface area contributed by atoms with E-state index in [9.17, 15) is 5.11 Å². The molecule has 1 atom stereocenters. The summed E-state index contributed by atoms with van der Waals surface area (Å²) in [6.45, 7) is 4.90. The predicted molar refractivity (Wildman–Crippen MR) is 70.1 cm³/mol. The van der Waals surface area contributed by atoms with Gasteiger partial charge in [0.05, 0.1) is 6.61 Å². The number of para-hydroxylation sites is 1. The van der Waals surface area contributed by atoms with Gasteiger partial charge >= 0.3 is 0 Å². The molecule has 1 unspecified atom stereocenters. The molecule has 0 spiro atoms. The number of aliphatic hydroxyl groups is 1. The summed E-state index contributed by atoms with van der Waals surface area (Å²) in [6.07, 6.45) is 0. The van der Waals surface area contributed by atoms with Crippen molar-refractivity contribution in [2.24, 2.45) is 5.92 Å². The number of ether oxygens (including phenoxy) is 1. The van der Waals surface area contributed by atoms with Gasteiger partial charge in [0.15, 0.2) is 6.61 Å². The Bertz CT molecular complexity index is 399. The van der Waals surface area contributed by atoms with Crippen LogP contribution in [0.15, 0.2) is 24.3 Å². The normalized spacial score (nSPS) is 12.2. The largest absolute Gasteiger partial charge is 0.478 e. The van der Waals surface area contributed by atoms with Gasteiger partial charge in [0, 0.05) is 18.2 Å². The van der Waals surface area contributed by atoms with Gasteiger partial charge in [-0.1, -0.05) is 32.0 Å². The lowest BCUT2D eigenvalue weighted by molar-refractivity contribution is 0.209. The maximum absolute atomic E-state index is 9.25. The van der Waals surface area contributed by atoms with E-state index in [1.54, 1.807) is 0 Å². The van der Waals surface area contributed by atoms with Crippen LogP contribution in [-0.4, -0.2) is 24.4 Å². The molecule has 0 fully saturated rings. The number of nitrogens with one attached hydrogen (secondary N) is 1. The molecule has 0 aromatic heterocycles. The number of rotatable bonds is 7. The van der Waals surface area contributed by atoms with E-state index < -0.39 is 0 Å². The Balaban J connectivity index is 2.63. The minimum absolute atomic E-state index is 0.0463. The van der Waals surface area contributed by atoms with Crippen molar-refractivity contribution in [3.05, 3.63) is 29.8 Å². The van der Waals surface area contributed by atoms with Crippen LogP contribution in [0.25, 0.3) is 0 Å². The molecule has 2 N–H and O–H groups in total. The molecule has 0 aliphatic carbocycles. The van der Waals surface area contributed by atoms with Crippen LogP contribution in [-0.2, 0) is 6.54 Å². The summed E-state index contributed by atoms with van der Waals surface area (Å²) >= 11 is 0. The van der Waals surface area contributed by atoms with E-state index in [1.807, 2.05) is 30.3 Å². The topological polar surface area (TPSA) is 65.3 Å². The van der Waals surface area contributed by atoms with Gasteiger partial charge in [0.2, 0.25) is 0 Å². The zero-order chi connectivity index (χ0) is 13.4. The summed E-state index contributed by atoms with van der Waals surface area (Å²) in [4.78, 5) is 0. The zero-order valence-corrected chi connectivity index (χ0v) is 10.9. The van der Waals surface area contributed by atoms with Crippen LogP contribution < -0.4 is 10.1 Å². The second-order valence-electron chi connectivity index (χ2n) is 4.47. The molecule has 1 aromatic rings. The van der Waals surface area contributed by atoms with Crippen molar-refractivity contribution >= 4 is 0 Å². The number of nitrogens with zero attached hydrogens (tertiary/aromatic N) is 1. The third-order valence-corrected chi connectivity index (χ3v) is 2.82. The minimum atomic E-state index is 0.0463. The lowest BCUT2D eigenvalue weighted by Gasteiger charge is -2.20. The van der Waals surface area contributed by atoms with Crippen LogP contribution in [0.3, 0.4) is 0 Å². The van der Waals surface area contributed by atoms with Crippen LogP contribution in [0.5, 0.6) is 5.75 Å². The first-order valence-electron chi connectivity index (χ1n) is 6.11. The summed E-state index contributed by atoms with van der Waals surface area (Å²) in [7, 11) is 0. The molecule has 18 heavy (non-hydrogen) atoms. The van der Waals surface area contributed by atoms with E-state index in [0.717, 1.165) is 5.56 Å². The number of hydrogen-bond donors (Lipinski definition) is 2. The Morgan fingerprint density at radius 1 is 1.39 bits per heavy atom. The molecule has 0 aliphatic heterocycles. The predicted octanol–water partition coefficient (Wildman–Crippen LogP) is 1.70. The first-order valence-corrected chi connectivity index (χ1v) is 6.11. The zero-order valence-electron chi connectivity index (χ0n) is 10.9. The highest BCUT2D eigenvalue weighted by Gasteiger charge is 2.12. The van der Waals surface area contributed by atoms with Crippen molar-refractivity contribution in [2.45, 2.75) is 26.4 Å². The van der Waals surface area contributed by atoms with Crippen molar-refractivity contribution in [2.75, 3.05) is 13.2 Å². The van der Waals surface area contributed by atoms with Crippen molar-refractivity contribution in [1.29, 1.82) is 5.26 Å². The molecule has 0 amide bonds. The van der Waals surface area contributed by atoms with Gasteiger partial charge in [-0.2, -0.15) is 5.26 Å². The first-order chi connectivity index (χ1) is 8.69. The second-order valence-corrected chi connectivity index (χ2v) is 4.47. The van der Waals surface area contributed by atoms with E-state index in [0.29, 0.717) is 18.2 Å². The Kier molecular flexibility index (Phi) is 6.20. The number of aliphatic hydroxyl groups excluding tert-OH is 1. The smallest absolute Gasteiger partial charge is 0.174 e. The van der Waals surface area contributed by atoms with Crippen molar-refractivity contribution in [3.63, 3.8) is 0 Å². The Morgan fingerprint density at radius 2 is 2.11 bits per heavy atom. The van der Waals surface area contributed by atoms with Crippen LogP contribution in [0.2, 0.25) is 0 Å². The quantitative estimate of drug-likeness (QED) is 0.770. The van der Waals surface area contributed by atoms with Crippen molar-refractivity contribution < 1.29 is 9.84 Å². The molecule has 0 heterocycles. The van der Waals surface area contributed by atoms with E-state index >= 15 is 0 Å². The highest BCUT2D eigenvalue weighted by atomic mass is 16.5. The lowest BCUT2D eigenvalue weighted by atomic mass is 10.0. The fraction of sp³-hybridized carbons (Fsp3) is 0.500. The lowest BCUT2D eigenvalue weighted by Crippen LogP contribution is -2.36. The molecule has 4 heteroatoms. The molecule has 0 saturated carbocycles. The summed E-state index contributed by atoms with van der Waals surface area (Å²) in [6, 6.07) is 9.62. The minimum Gasteiger partial charge on any atom is -0.478 e. The Hall–Kier alpha value is -1.57. The Labute approximate surface area is 108 Å². The average molecular weight is 248 g/mol. The van der Waals surface area contributed by atoms with Crippen LogP contribution in [0.1, 0.15) is 19.4 Å². The van der Waals surface area contributed by atoms with Gasteiger partial charge in [-0.25, -0.2) is 0 Å². The van der Waals surface area contributed by atoms with E-state index in [-0.39, 0.29) is 19.3 Å². The van der Waals surface area contributed by atoms with E-state index in [2.05, 4.69) is 19.2 Å². The van der Waals surface area contributed by atoms with E-state index in [4.69, 9.17) is 10.00 Å². The molecule has 98 valence electrons. The fourth-order valence-corrected chi connectivity index (χ4v) is 1.65. The van der Waals surface area contributed by atoms with Gasteiger partial charge < -0.3 is 15.2 Å². The van der Waals surface area contributed by atoms with Crippen LogP contribution >= 0.6 is 0 Å². The first kappa shape index (κ1) is 14.5. The molecule has 1 rings (SSSR count). The fourth-order valence-electron chi connectivity index (χ4n) is 1.65. The molecular weight excluding hydrogens is 228 g/mol. The molecule has 4 nitrogen and oxygen atoms in total. The molecular formula is C14H20N2O2. The monoisotopic (exact) mass is 248 g/mol. The SMILES string of the molecule is CC(C)C(CO)NCc1ccccc1OCC#N. The molecule has 0 radical (unpaired) electrons. The van der Waals surface area contributed by atoms with Crippen LogP contribution in [0, 0.1) is 17.2 Å². The second kappa shape index (κ2) is 7.70. The highest BCUT2D eigenvalue weighted by molar-refractivity contribution is 5.33. The van der Waals surface area contributed by atoms with Gasteiger partial charge in [-0.15, -0.1) is 0 Å². The van der Waals surface area contributed by atoms with Crippen molar-refractivity contribution in [3.8, 4) is 11.8 Å². The third-order valence-electron chi connectivity index (χ3n) is 2.82. The van der Waals surface area contributed by atoms with Gasteiger partial charge in [0.25, 0.3) is 0 Å². The summed E-state index contributed by atoms with van der Waals surface area (Å²) in [5.74, 6) is 1.08. The number of benzene rings is 1. The summed E-state index contributed by atoms with van der Waals surface area (Å²) in [5, 5.41) is 21.1. The molecule has 0 saturated heterocycles. The maximum atomic E-state index is 9.25. The number of nitriles is 1. The van der Waals surface area contributed by atoms with Crippen LogP contribution in [0.4, 0.5) is 0 Å². The van der Waals surface area contributed by atoms with Gasteiger partial charge in [0.1, 0.15) is 11.8 Å². The average Bonchev–Trinajstić information content (AvgIpc) is 2.38. The molecule has 0 bridgehead atoms.